The monoisotopic (exact) mass is 370 g/mol. The molecule has 0 radical (unpaired) electrons. The molecule has 2 atom stereocenters. The number of carboxylic acids is 1. The number of hydrogen-bond acceptors (Lipinski definition) is 3. The Balaban J connectivity index is 1.99. The lowest BCUT2D eigenvalue weighted by molar-refractivity contribution is -0.137. The van der Waals surface area contributed by atoms with Crippen LogP contribution in [-0.2, 0) is 9.53 Å². The highest BCUT2D eigenvalue weighted by atomic mass is 32.2. The van der Waals surface area contributed by atoms with Gasteiger partial charge in [0.05, 0.1) is 0 Å². The van der Waals surface area contributed by atoms with E-state index in [1.165, 1.54) is 62.9 Å². The number of carbonyl (C=O) groups is 1. The molecule has 1 N–H and O–H groups in total. The standard InChI is InChI=1S/C21H38O3S/c1-2-3-4-10-15-24-16-11-9-13-20-18-25-17-19(20)12-7-5-6-8-14-21(22)23/h5,7,19-20H,2-4,6,8-18H2,1H3,(H,22,23)/t19-,20+/m0/s1. The second kappa shape index (κ2) is 15.7. The zero-order valence-electron chi connectivity index (χ0n) is 16.1. The summed E-state index contributed by atoms with van der Waals surface area (Å²) in [6.45, 7) is 4.11. The lowest BCUT2D eigenvalue weighted by Crippen LogP contribution is -2.12. The molecule has 1 fully saturated rings. The number of thioether (sulfide) groups is 1. The maximum Gasteiger partial charge on any atom is 0.303 e. The molecule has 1 rings (SSSR count). The van der Waals surface area contributed by atoms with Gasteiger partial charge in [-0.2, -0.15) is 11.8 Å². The van der Waals surface area contributed by atoms with Crippen molar-refractivity contribution in [1.82, 2.24) is 0 Å². The van der Waals surface area contributed by atoms with E-state index in [1.54, 1.807) is 0 Å². The second-order valence-corrected chi connectivity index (χ2v) is 8.29. The van der Waals surface area contributed by atoms with Crippen molar-refractivity contribution < 1.29 is 14.6 Å². The Morgan fingerprint density at radius 1 is 1.04 bits per heavy atom. The molecule has 0 unspecified atom stereocenters. The summed E-state index contributed by atoms with van der Waals surface area (Å²) in [4.78, 5) is 10.5. The highest BCUT2D eigenvalue weighted by Gasteiger charge is 2.26. The lowest BCUT2D eigenvalue weighted by Gasteiger charge is -2.17. The van der Waals surface area contributed by atoms with E-state index in [0.717, 1.165) is 37.9 Å². The summed E-state index contributed by atoms with van der Waals surface area (Å²) < 4.78 is 5.73. The van der Waals surface area contributed by atoms with Crippen molar-refractivity contribution in [2.45, 2.75) is 77.6 Å². The summed E-state index contributed by atoms with van der Waals surface area (Å²) in [5.74, 6) is 3.59. The van der Waals surface area contributed by atoms with Crippen LogP contribution in [-0.4, -0.2) is 35.8 Å². The smallest absolute Gasteiger partial charge is 0.303 e. The molecule has 1 aliphatic heterocycles. The molecule has 1 aliphatic rings. The molecule has 0 aromatic heterocycles. The van der Waals surface area contributed by atoms with Gasteiger partial charge in [-0.05, 0) is 61.9 Å². The Labute approximate surface area is 159 Å². The van der Waals surface area contributed by atoms with Gasteiger partial charge in [0, 0.05) is 19.6 Å². The van der Waals surface area contributed by atoms with E-state index >= 15 is 0 Å². The fraction of sp³-hybridized carbons (Fsp3) is 0.857. The molecule has 1 heterocycles. The van der Waals surface area contributed by atoms with Gasteiger partial charge in [-0.3, -0.25) is 4.79 Å². The highest BCUT2D eigenvalue weighted by molar-refractivity contribution is 7.99. The largest absolute Gasteiger partial charge is 0.481 e. The summed E-state index contributed by atoms with van der Waals surface area (Å²) in [5, 5.41) is 8.63. The summed E-state index contributed by atoms with van der Waals surface area (Å²) in [5.41, 5.74) is 0. The molecule has 0 saturated carbocycles. The number of ether oxygens (including phenoxy) is 1. The third-order valence-corrected chi connectivity index (χ3v) is 6.28. The fourth-order valence-electron chi connectivity index (χ4n) is 3.33. The van der Waals surface area contributed by atoms with Crippen LogP contribution in [0.3, 0.4) is 0 Å². The minimum Gasteiger partial charge on any atom is -0.481 e. The molecule has 0 amide bonds. The molecule has 0 aromatic carbocycles. The molecule has 0 bridgehead atoms. The van der Waals surface area contributed by atoms with E-state index in [4.69, 9.17) is 9.84 Å². The lowest BCUT2D eigenvalue weighted by atomic mass is 9.88. The number of carboxylic acid groups (broad SMARTS) is 1. The molecule has 0 aromatic rings. The molecule has 146 valence electrons. The van der Waals surface area contributed by atoms with E-state index in [2.05, 4.69) is 30.8 Å². The predicted octanol–water partition coefficient (Wildman–Crippen LogP) is 5.93. The molecule has 25 heavy (non-hydrogen) atoms. The van der Waals surface area contributed by atoms with Crippen molar-refractivity contribution in [2.75, 3.05) is 24.7 Å². The zero-order valence-corrected chi connectivity index (χ0v) is 16.9. The molecule has 1 saturated heterocycles. The van der Waals surface area contributed by atoms with Crippen LogP contribution in [0.4, 0.5) is 0 Å². The Morgan fingerprint density at radius 3 is 2.56 bits per heavy atom. The van der Waals surface area contributed by atoms with Crippen molar-refractivity contribution in [3.8, 4) is 0 Å². The zero-order chi connectivity index (χ0) is 18.2. The van der Waals surface area contributed by atoms with E-state index < -0.39 is 5.97 Å². The fourth-order valence-corrected chi connectivity index (χ4v) is 4.91. The Hall–Kier alpha value is -0.480. The SMILES string of the molecule is CCCCCCOCCCC[C@@H]1CSC[C@@H]1CC=CCCCC(=O)O. The Kier molecular flexibility index (Phi) is 14.2. The third-order valence-electron chi connectivity index (χ3n) is 4.95. The van der Waals surface area contributed by atoms with Crippen molar-refractivity contribution >= 4 is 17.7 Å². The van der Waals surface area contributed by atoms with Gasteiger partial charge < -0.3 is 9.84 Å². The number of rotatable bonds is 16. The van der Waals surface area contributed by atoms with E-state index in [-0.39, 0.29) is 6.42 Å². The predicted molar refractivity (Wildman–Crippen MR) is 108 cm³/mol. The average molecular weight is 371 g/mol. The highest BCUT2D eigenvalue weighted by Crippen LogP contribution is 2.35. The van der Waals surface area contributed by atoms with Gasteiger partial charge in [0.25, 0.3) is 0 Å². The summed E-state index contributed by atoms with van der Waals surface area (Å²) in [7, 11) is 0. The second-order valence-electron chi connectivity index (χ2n) is 7.22. The number of unbranched alkanes of at least 4 members (excludes halogenated alkanes) is 5. The summed E-state index contributed by atoms with van der Waals surface area (Å²) in [6, 6.07) is 0. The maximum atomic E-state index is 10.5. The van der Waals surface area contributed by atoms with E-state index in [9.17, 15) is 4.79 Å². The van der Waals surface area contributed by atoms with Crippen LogP contribution in [0.25, 0.3) is 0 Å². The molecular formula is C21H38O3S. The molecule has 4 heteroatoms. The minimum absolute atomic E-state index is 0.285. The molecule has 0 spiro atoms. The number of allylic oxidation sites excluding steroid dienone is 2. The van der Waals surface area contributed by atoms with E-state index in [0.29, 0.717) is 0 Å². The topological polar surface area (TPSA) is 46.5 Å². The van der Waals surface area contributed by atoms with Gasteiger partial charge in [0.1, 0.15) is 0 Å². The quantitative estimate of drug-likeness (QED) is 0.270. The number of aliphatic carboxylic acids is 1. The average Bonchev–Trinajstić information content (AvgIpc) is 3.03. The van der Waals surface area contributed by atoms with Crippen molar-refractivity contribution in [1.29, 1.82) is 0 Å². The van der Waals surface area contributed by atoms with Crippen molar-refractivity contribution in [3.63, 3.8) is 0 Å². The van der Waals surface area contributed by atoms with Crippen LogP contribution >= 0.6 is 11.8 Å². The third kappa shape index (κ3) is 12.5. The summed E-state index contributed by atoms with van der Waals surface area (Å²) in [6.07, 6.45) is 16.5. The van der Waals surface area contributed by atoms with Gasteiger partial charge in [-0.1, -0.05) is 44.8 Å². The van der Waals surface area contributed by atoms with Gasteiger partial charge in [-0.15, -0.1) is 0 Å². The van der Waals surface area contributed by atoms with Crippen LogP contribution in [0, 0.1) is 11.8 Å². The number of hydrogen-bond donors (Lipinski definition) is 1. The molecular weight excluding hydrogens is 332 g/mol. The van der Waals surface area contributed by atoms with Gasteiger partial charge in [0.2, 0.25) is 0 Å². The van der Waals surface area contributed by atoms with Gasteiger partial charge in [0.15, 0.2) is 0 Å². The van der Waals surface area contributed by atoms with Crippen LogP contribution < -0.4 is 0 Å². The first kappa shape index (κ1) is 22.6. The Morgan fingerprint density at radius 2 is 1.80 bits per heavy atom. The first-order chi connectivity index (χ1) is 12.2. The van der Waals surface area contributed by atoms with E-state index in [1.807, 2.05) is 0 Å². The van der Waals surface area contributed by atoms with Crippen molar-refractivity contribution in [2.24, 2.45) is 11.8 Å². The first-order valence-electron chi connectivity index (χ1n) is 10.3. The van der Waals surface area contributed by atoms with Gasteiger partial charge >= 0.3 is 5.97 Å². The van der Waals surface area contributed by atoms with Crippen LogP contribution in [0.1, 0.15) is 77.6 Å². The summed E-state index contributed by atoms with van der Waals surface area (Å²) >= 11 is 2.10. The maximum absolute atomic E-state index is 10.5. The van der Waals surface area contributed by atoms with Crippen LogP contribution in [0.15, 0.2) is 12.2 Å². The van der Waals surface area contributed by atoms with Crippen LogP contribution in [0.5, 0.6) is 0 Å². The van der Waals surface area contributed by atoms with Crippen LogP contribution in [0.2, 0.25) is 0 Å². The molecule has 0 aliphatic carbocycles. The van der Waals surface area contributed by atoms with Gasteiger partial charge in [-0.25, -0.2) is 0 Å². The molecule has 3 nitrogen and oxygen atoms in total. The van der Waals surface area contributed by atoms with Crippen molar-refractivity contribution in [3.05, 3.63) is 12.2 Å². The Bertz CT molecular complexity index is 357. The minimum atomic E-state index is -0.689. The normalized spacial score (nSPS) is 20.5. The first-order valence-corrected chi connectivity index (χ1v) is 11.4.